The molecule has 0 fully saturated rings. The first-order chi connectivity index (χ1) is 5.49. The molecule has 0 aromatic rings. The highest BCUT2D eigenvalue weighted by Crippen LogP contribution is 2.04. The van der Waals surface area contributed by atoms with Crippen LogP contribution in [0.2, 0.25) is 0 Å². The lowest BCUT2D eigenvalue weighted by Crippen LogP contribution is -2.40. The largest absolute Gasteiger partial charge is 0.481 e. The molecule has 3 atom stereocenters. The molecule has 0 saturated carbocycles. The Labute approximate surface area is 74.2 Å². The zero-order valence-electron chi connectivity index (χ0n) is 8.29. The highest BCUT2D eigenvalue weighted by atomic mass is 16.4. The Morgan fingerprint density at radius 1 is 1.42 bits per heavy atom. The number of carboxylic acid groups (broad SMARTS) is 1. The topological polar surface area (TPSA) is 49.3 Å². The second kappa shape index (κ2) is 5.14. The molecule has 3 unspecified atom stereocenters. The van der Waals surface area contributed by atoms with E-state index in [-0.39, 0.29) is 12.0 Å². The minimum Gasteiger partial charge on any atom is -0.481 e. The van der Waals surface area contributed by atoms with Crippen molar-refractivity contribution in [3.05, 3.63) is 0 Å². The van der Waals surface area contributed by atoms with Crippen LogP contribution >= 0.6 is 0 Å². The summed E-state index contributed by atoms with van der Waals surface area (Å²) in [7, 11) is 0. The highest BCUT2D eigenvalue weighted by molar-refractivity contribution is 5.70. The SMILES string of the molecule is CCC(C)NC(C)C(C)C(=O)O. The van der Waals surface area contributed by atoms with Crippen LogP contribution in [0.3, 0.4) is 0 Å². The molecule has 2 N–H and O–H groups in total. The molecule has 0 aliphatic heterocycles. The first kappa shape index (κ1) is 11.4. The Morgan fingerprint density at radius 3 is 2.25 bits per heavy atom. The van der Waals surface area contributed by atoms with Crippen LogP contribution in [0.5, 0.6) is 0 Å². The summed E-state index contributed by atoms with van der Waals surface area (Å²) in [6, 6.07) is 0.430. The van der Waals surface area contributed by atoms with Crippen LogP contribution in [0.15, 0.2) is 0 Å². The normalized spacial score (nSPS) is 18.3. The van der Waals surface area contributed by atoms with Crippen LogP contribution in [0, 0.1) is 5.92 Å². The van der Waals surface area contributed by atoms with E-state index in [2.05, 4.69) is 19.2 Å². The number of rotatable bonds is 5. The minimum absolute atomic E-state index is 0.0393. The molecule has 0 aromatic carbocycles. The van der Waals surface area contributed by atoms with E-state index >= 15 is 0 Å². The Balaban J connectivity index is 3.86. The summed E-state index contributed by atoms with van der Waals surface area (Å²) >= 11 is 0. The molecule has 3 nitrogen and oxygen atoms in total. The molecular weight excluding hydrogens is 154 g/mol. The van der Waals surface area contributed by atoms with Gasteiger partial charge in [0.2, 0.25) is 0 Å². The number of hydrogen-bond acceptors (Lipinski definition) is 2. The van der Waals surface area contributed by atoms with Crippen LogP contribution in [-0.2, 0) is 4.79 Å². The first-order valence-electron chi connectivity index (χ1n) is 4.47. The second-order valence-corrected chi connectivity index (χ2v) is 3.39. The van der Waals surface area contributed by atoms with Crippen LogP contribution in [-0.4, -0.2) is 23.2 Å². The summed E-state index contributed by atoms with van der Waals surface area (Å²) < 4.78 is 0. The lowest BCUT2D eigenvalue weighted by Gasteiger charge is -2.21. The monoisotopic (exact) mass is 173 g/mol. The fourth-order valence-corrected chi connectivity index (χ4v) is 0.925. The van der Waals surface area contributed by atoms with Crippen molar-refractivity contribution in [3.63, 3.8) is 0 Å². The number of hydrogen-bond donors (Lipinski definition) is 2. The zero-order valence-corrected chi connectivity index (χ0v) is 8.29. The fraction of sp³-hybridized carbons (Fsp3) is 0.889. The molecule has 0 radical (unpaired) electrons. The molecule has 3 heteroatoms. The van der Waals surface area contributed by atoms with Gasteiger partial charge < -0.3 is 10.4 Å². The van der Waals surface area contributed by atoms with Gasteiger partial charge in [-0.25, -0.2) is 0 Å². The predicted molar refractivity (Wildman–Crippen MR) is 49.2 cm³/mol. The smallest absolute Gasteiger partial charge is 0.307 e. The summed E-state index contributed by atoms with van der Waals surface area (Å²) in [5.74, 6) is -1.06. The highest BCUT2D eigenvalue weighted by Gasteiger charge is 2.19. The molecule has 72 valence electrons. The van der Waals surface area contributed by atoms with Crippen molar-refractivity contribution < 1.29 is 9.90 Å². The van der Waals surface area contributed by atoms with E-state index in [1.165, 1.54) is 0 Å². The van der Waals surface area contributed by atoms with Crippen molar-refractivity contribution in [2.75, 3.05) is 0 Å². The third-order valence-electron chi connectivity index (χ3n) is 2.30. The van der Waals surface area contributed by atoms with Gasteiger partial charge in [-0.1, -0.05) is 13.8 Å². The average Bonchev–Trinajstić information content (AvgIpc) is 2.02. The average molecular weight is 173 g/mol. The molecule has 0 rings (SSSR count). The van der Waals surface area contributed by atoms with E-state index in [0.29, 0.717) is 6.04 Å². The van der Waals surface area contributed by atoms with E-state index < -0.39 is 5.97 Å². The van der Waals surface area contributed by atoms with Crippen LogP contribution in [0.1, 0.15) is 34.1 Å². The number of carbonyl (C=O) groups is 1. The molecule has 12 heavy (non-hydrogen) atoms. The van der Waals surface area contributed by atoms with Gasteiger partial charge in [0.05, 0.1) is 5.92 Å². The lowest BCUT2D eigenvalue weighted by atomic mass is 10.0. The van der Waals surface area contributed by atoms with Crippen LogP contribution in [0.4, 0.5) is 0 Å². The van der Waals surface area contributed by atoms with Gasteiger partial charge in [-0.05, 0) is 20.3 Å². The summed E-state index contributed by atoms with van der Waals surface area (Å²) in [4.78, 5) is 10.6. The minimum atomic E-state index is -0.738. The molecule has 0 aliphatic carbocycles. The summed E-state index contributed by atoms with van der Waals surface area (Å²) in [5.41, 5.74) is 0. The molecule has 0 bridgehead atoms. The summed E-state index contributed by atoms with van der Waals surface area (Å²) in [6.45, 7) is 7.77. The van der Waals surface area contributed by atoms with Crippen molar-refractivity contribution in [3.8, 4) is 0 Å². The molecule has 0 spiro atoms. The Kier molecular flexibility index (Phi) is 4.90. The van der Waals surface area contributed by atoms with Crippen LogP contribution < -0.4 is 5.32 Å². The second-order valence-electron chi connectivity index (χ2n) is 3.39. The van der Waals surface area contributed by atoms with Gasteiger partial charge in [0, 0.05) is 12.1 Å². The van der Waals surface area contributed by atoms with Crippen molar-refractivity contribution in [2.45, 2.75) is 46.2 Å². The Morgan fingerprint density at radius 2 is 1.92 bits per heavy atom. The van der Waals surface area contributed by atoms with Gasteiger partial charge in [0.1, 0.15) is 0 Å². The standard InChI is InChI=1S/C9H19NO2/c1-5-6(2)10-8(4)7(3)9(11)12/h6-8,10H,5H2,1-4H3,(H,11,12). The lowest BCUT2D eigenvalue weighted by molar-refractivity contribution is -0.142. The maximum absolute atomic E-state index is 10.6. The van der Waals surface area contributed by atoms with E-state index in [0.717, 1.165) is 6.42 Å². The Hall–Kier alpha value is -0.570. The molecule has 0 heterocycles. The number of carboxylic acids is 1. The maximum Gasteiger partial charge on any atom is 0.307 e. The zero-order chi connectivity index (χ0) is 9.72. The van der Waals surface area contributed by atoms with Crippen molar-refractivity contribution in [2.24, 2.45) is 5.92 Å². The predicted octanol–water partition coefficient (Wildman–Crippen LogP) is 1.48. The first-order valence-corrected chi connectivity index (χ1v) is 4.47. The number of aliphatic carboxylic acids is 1. The van der Waals surface area contributed by atoms with Crippen molar-refractivity contribution in [1.82, 2.24) is 5.32 Å². The third-order valence-corrected chi connectivity index (χ3v) is 2.30. The van der Waals surface area contributed by atoms with E-state index in [9.17, 15) is 4.79 Å². The third kappa shape index (κ3) is 3.72. The van der Waals surface area contributed by atoms with Gasteiger partial charge in [-0.15, -0.1) is 0 Å². The van der Waals surface area contributed by atoms with Gasteiger partial charge in [-0.2, -0.15) is 0 Å². The molecular formula is C9H19NO2. The summed E-state index contributed by atoms with van der Waals surface area (Å²) in [5, 5.41) is 11.9. The fourth-order valence-electron chi connectivity index (χ4n) is 0.925. The molecule has 0 saturated heterocycles. The maximum atomic E-state index is 10.6. The van der Waals surface area contributed by atoms with Gasteiger partial charge in [-0.3, -0.25) is 4.79 Å². The molecule has 0 aliphatic rings. The van der Waals surface area contributed by atoms with Gasteiger partial charge in [0.25, 0.3) is 0 Å². The van der Waals surface area contributed by atoms with Crippen molar-refractivity contribution >= 4 is 5.97 Å². The quantitative estimate of drug-likeness (QED) is 0.662. The van der Waals surface area contributed by atoms with Gasteiger partial charge in [0.15, 0.2) is 0 Å². The Bertz CT molecular complexity index is 147. The van der Waals surface area contributed by atoms with Crippen LogP contribution in [0.25, 0.3) is 0 Å². The van der Waals surface area contributed by atoms with Gasteiger partial charge >= 0.3 is 5.97 Å². The number of nitrogens with one attached hydrogen (secondary N) is 1. The molecule has 0 aromatic heterocycles. The van der Waals surface area contributed by atoms with E-state index in [1.807, 2.05) is 6.92 Å². The van der Waals surface area contributed by atoms with Crippen molar-refractivity contribution in [1.29, 1.82) is 0 Å². The molecule has 0 amide bonds. The van der Waals surface area contributed by atoms with E-state index in [4.69, 9.17) is 5.11 Å². The summed E-state index contributed by atoms with van der Waals surface area (Å²) in [6.07, 6.45) is 1.02. The van der Waals surface area contributed by atoms with E-state index in [1.54, 1.807) is 6.92 Å².